The van der Waals surface area contributed by atoms with Crippen molar-refractivity contribution in [3.05, 3.63) is 82.0 Å². The first-order valence-electron chi connectivity index (χ1n) is 10.5. The van der Waals surface area contributed by atoms with Crippen molar-refractivity contribution in [2.45, 2.75) is 30.5 Å². The maximum Gasteiger partial charge on any atom is 0.270 e. The van der Waals surface area contributed by atoms with Crippen LogP contribution in [0.25, 0.3) is 22.5 Å². The van der Waals surface area contributed by atoms with Crippen molar-refractivity contribution in [3.63, 3.8) is 0 Å². The quantitative estimate of drug-likeness (QED) is 0.139. The molecule has 2 heterocycles. The highest BCUT2D eigenvalue weighted by Gasteiger charge is 2.21. The average Bonchev–Trinajstić information content (AvgIpc) is 3.31. The molecule has 0 spiro atoms. The first-order chi connectivity index (χ1) is 16.4. The van der Waals surface area contributed by atoms with Crippen LogP contribution in [0.2, 0.25) is 0 Å². The smallest absolute Gasteiger partial charge is 0.270 e. The van der Waals surface area contributed by atoms with Crippen molar-refractivity contribution in [1.82, 2.24) is 15.0 Å². The van der Waals surface area contributed by atoms with Crippen LogP contribution in [0.5, 0.6) is 0 Å². The van der Waals surface area contributed by atoms with E-state index in [1.807, 2.05) is 50.2 Å². The van der Waals surface area contributed by atoms with Gasteiger partial charge in [0.1, 0.15) is 10.9 Å². The van der Waals surface area contributed by atoms with Gasteiger partial charge in [-0.2, -0.15) is 0 Å². The second kappa shape index (κ2) is 10.5. The highest BCUT2D eigenvalue weighted by atomic mass is 32.2. The van der Waals surface area contributed by atoms with Crippen molar-refractivity contribution in [1.29, 1.82) is 0 Å². The summed E-state index contributed by atoms with van der Waals surface area (Å²) < 4.78 is 0. The Hall–Kier alpha value is -3.63. The number of nitrogens with one attached hydrogen (secondary N) is 1. The summed E-state index contributed by atoms with van der Waals surface area (Å²) in [5.41, 5.74) is 2.99. The Morgan fingerprint density at radius 3 is 2.56 bits per heavy atom. The van der Waals surface area contributed by atoms with Gasteiger partial charge in [-0.3, -0.25) is 14.9 Å². The molecule has 4 aromatic rings. The van der Waals surface area contributed by atoms with E-state index in [1.165, 1.54) is 35.2 Å². The SMILES string of the molecule is CCC(Sc1cc(-c2ccccc2)nc(C)n1)C(=O)Nc1nc(-c2cccc([N+](=O)[O-])c2)cs1. The van der Waals surface area contributed by atoms with Gasteiger partial charge in [0, 0.05) is 28.6 Å². The van der Waals surface area contributed by atoms with Crippen molar-refractivity contribution in [2.24, 2.45) is 0 Å². The fourth-order valence-corrected chi connectivity index (χ4v) is 4.97. The second-order valence-corrected chi connectivity index (χ2v) is 9.44. The molecule has 0 fully saturated rings. The first-order valence-corrected chi connectivity index (χ1v) is 12.3. The Morgan fingerprint density at radius 1 is 1.06 bits per heavy atom. The maximum atomic E-state index is 13.0. The number of rotatable bonds is 8. The number of thioether (sulfide) groups is 1. The molecule has 0 aliphatic carbocycles. The molecule has 1 unspecified atom stereocenters. The molecule has 10 heteroatoms. The van der Waals surface area contributed by atoms with E-state index in [2.05, 4.69) is 20.3 Å². The number of nitro groups is 1. The molecule has 4 rings (SSSR count). The molecular weight excluding hydrogens is 470 g/mol. The number of non-ortho nitro benzene ring substituents is 1. The number of aryl methyl sites for hydroxylation is 1. The van der Waals surface area contributed by atoms with Crippen LogP contribution in [-0.2, 0) is 4.79 Å². The Balaban J connectivity index is 1.48. The molecule has 2 aromatic carbocycles. The largest absolute Gasteiger partial charge is 0.301 e. The van der Waals surface area contributed by atoms with Crippen molar-refractivity contribution in [2.75, 3.05) is 5.32 Å². The van der Waals surface area contributed by atoms with E-state index < -0.39 is 4.92 Å². The fraction of sp³-hybridized carbons (Fsp3) is 0.167. The topological polar surface area (TPSA) is 111 Å². The Bertz CT molecular complexity index is 1330. The molecule has 34 heavy (non-hydrogen) atoms. The summed E-state index contributed by atoms with van der Waals surface area (Å²) >= 11 is 2.66. The van der Waals surface area contributed by atoms with E-state index >= 15 is 0 Å². The number of anilines is 1. The molecule has 0 saturated carbocycles. The second-order valence-electron chi connectivity index (χ2n) is 7.35. The monoisotopic (exact) mass is 491 g/mol. The lowest BCUT2D eigenvalue weighted by atomic mass is 10.1. The van der Waals surface area contributed by atoms with Gasteiger partial charge in [-0.1, -0.05) is 61.2 Å². The molecule has 0 aliphatic heterocycles. The van der Waals surface area contributed by atoms with Gasteiger partial charge in [0.05, 0.1) is 21.6 Å². The van der Waals surface area contributed by atoms with Gasteiger partial charge in [0.2, 0.25) is 5.91 Å². The number of amides is 1. The van der Waals surface area contributed by atoms with E-state index in [1.54, 1.807) is 17.5 Å². The predicted molar refractivity (Wildman–Crippen MR) is 135 cm³/mol. The number of carbonyl (C=O) groups excluding carboxylic acids is 1. The van der Waals surface area contributed by atoms with E-state index in [9.17, 15) is 14.9 Å². The molecular formula is C24H21N5O3S2. The van der Waals surface area contributed by atoms with Gasteiger partial charge >= 0.3 is 0 Å². The number of hydrogen-bond donors (Lipinski definition) is 1. The average molecular weight is 492 g/mol. The maximum absolute atomic E-state index is 13.0. The van der Waals surface area contributed by atoms with Crippen molar-refractivity contribution < 1.29 is 9.72 Å². The van der Waals surface area contributed by atoms with Gasteiger partial charge in [0.25, 0.3) is 5.69 Å². The highest BCUT2D eigenvalue weighted by Crippen LogP contribution is 2.30. The summed E-state index contributed by atoms with van der Waals surface area (Å²) in [5.74, 6) is 0.464. The van der Waals surface area contributed by atoms with Crippen LogP contribution >= 0.6 is 23.1 Å². The molecule has 0 aliphatic rings. The summed E-state index contributed by atoms with van der Waals surface area (Å²) in [7, 11) is 0. The molecule has 2 aromatic heterocycles. The number of nitrogens with zero attached hydrogens (tertiary/aromatic N) is 4. The molecule has 1 atom stereocenters. The van der Waals surface area contributed by atoms with Crippen LogP contribution in [0.3, 0.4) is 0 Å². The van der Waals surface area contributed by atoms with E-state index in [0.717, 1.165) is 16.3 Å². The minimum Gasteiger partial charge on any atom is -0.301 e. The summed E-state index contributed by atoms with van der Waals surface area (Å²) in [4.78, 5) is 37.0. The van der Waals surface area contributed by atoms with Crippen molar-refractivity contribution in [3.8, 4) is 22.5 Å². The Kier molecular flexibility index (Phi) is 7.29. The summed E-state index contributed by atoms with van der Waals surface area (Å²) in [6.07, 6.45) is 0.601. The lowest BCUT2D eigenvalue weighted by Crippen LogP contribution is -2.24. The molecule has 0 bridgehead atoms. The van der Waals surface area contributed by atoms with Gasteiger partial charge < -0.3 is 5.32 Å². The fourth-order valence-electron chi connectivity index (χ4n) is 3.25. The highest BCUT2D eigenvalue weighted by molar-refractivity contribution is 8.00. The molecule has 0 radical (unpaired) electrons. The van der Waals surface area contributed by atoms with Crippen LogP contribution in [0.4, 0.5) is 10.8 Å². The summed E-state index contributed by atoms with van der Waals surface area (Å²) in [5, 5.41) is 16.5. The van der Waals surface area contributed by atoms with Crippen molar-refractivity contribution >= 4 is 39.8 Å². The third kappa shape index (κ3) is 5.64. The summed E-state index contributed by atoms with van der Waals surface area (Å²) in [6.45, 7) is 3.78. The zero-order valence-electron chi connectivity index (χ0n) is 18.5. The van der Waals surface area contributed by atoms with E-state index in [4.69, 9.17) is 0 Å². The number of aromatic nitrogens is 3. The number of benzene rings is 2. The standard InChI is InChI=1S/C24H21N5O3S2/c1-3-21(34-22-13-19(25-15(2)26-22)16-8-5-4-6-9-16)23(30)28-24-27-20(14-33-24)17-10-7-11-18(12-17)29(31)32/h4-14,21H,3H2,1-2H3,(H,27,28,30). The van der Waals surface area contributed by atoms with Gasteiger partial charge in [-0.15, -0.1) is 11.3 Å². The lowest BCUT2D eigenvalue weighted by molar-refractivity contribution is -0.384. The predicted octanol–water partition coefficient (Wildman–Crippen LogP) is 5.99. The van der Waals surface area contributed by atoms with Crippen LogP contribution < -0.4 is 5.32 Å². The van der Waals surface area contributed by atoms with Crippen LogP contribution in [0.1, 0.15) is 19.2 Å². The van der Waals surface area contributed by atoms with Crippen LogP contribution in [-0.4, -0.2) is 31.0 Å². The Labute approximate surface area is 204 Å². The molecule has 1 N–H and O–H groups in total. The third-order valence-corrected chi connectivity index (χ3v) is 6.94. The normalized spacial score (nSPS) is 11.7. The van der Waals surface area contributed by atoms with E-state index in [0.29, 0.717) is 28.6 Å². The number of hydrogen-bond acceptors (Lipinski definition) is 8. The van der Waals surface area contributed by atoms with Gasteiger partial charge in [-0.05, 0) is 19.4 Å². The lowest BCUT2D eigenvalue weighted by Gasteiger charge is -2.14. The molecule has 8 nitrogen and oxygen atoms in total. The zero-order valence-corrected chi connectivity index (χ0v) is 20.1. The summed E-state index contributed by atoms with van der Waals surface area (Å²) in [6, 6.07) is 18.0. The first kappa shape index (κ1) is 23.5. The number of nitro benzene ring substituents is 1. The van der Waals surface area contributed by atoms with E-state index in [-0.39, 0.29) is 16.8 Å². The van der Waals surface area contributed by atoms with Gasteiger partial charge in [0.15, 0.2) is 5.13 Å². The van der Waals surface area contributed by atoms with Gasteiger partial charge in [-0.25, -0.2) is 15.0 Å². The third-order valence-electron chi connectivity index (χ3n) is 4.90. The minimum atomic E-state index is -0.445. The number of carbonyl (C=O) groups is 1. The van der Waals surface area contributed by atoms with Crippen LogP contribution in [0, 0.1) is 17.0 Å². The molecule has 1 amide bonds. The number of thiazole rings is 1. The minimum absolute atomic E-state index is 0.00597. The Morgan fingerprint density at radius 2 is 1.82 bits per heavy atom. The molecule has 172 valence electrons. The molecule has 0 saturated heterocycles. The van der Waals surface area contributed by atoms with Crippen LogP contribution in [0.15, 0.2) is 71.1 Å². The zero-order chi connectivity index (χ0) is 24.1.